The van der Waals surface area contributed by atoms with Crippen molar-refractivity contribution in [2.24, 2.45) is 5.73 Å². The maximum absolute atomic E-state index is 10.9. The second-order valence-corrected chi connectivity index (χ2v) is 9.27. The van der Waals surface area contributed by atoms with Gasteiger partial charge < -0.3 is 11.1 Å². The van der Waals surface area contributed by atoms with E-state index in [-0.39, 0.29) is 6.61 Å². The first kappa shape index (κ1) is 36.7. The van der Waals surface area contributed by atoms with E-state index in [4.69, 9.17) is 0 Å². The highest BCUT2D eigenvalue weighted by Crippen LogP contribution is 2.11. The Balaban J connectivity index is -0.000000963. The molecule has 0 aliphatic rings. The van der Waals surface area contributed by atoms with Crippen LogP contribution in [0.4, 0.5) is 0 Å². The molecule has 200 valence electrons. The van der Waals surface area contributed by atoms with E-state index < -0.39 is 10.4 Å². The summed E-state index contributed by atoms with van der Waals surface area (Å²) in [4.78, 5) is 0. The van der Waals surface area contributed by atoms with Crippen molar-refractivity contribution in [2.75, 3.05) is 26.8 Å². The molecule has 0 atom stereocenters. The molecule has 0 fully saturated rings. The average molecular weight is 493 g/mol. The molecular weight excluding hydrogens is 436 g/mol. The van der Waals surface area contributed by atoms with Gasteiger partial charge in [-0.3, -0.25) is 4.18 Å². The molecule has 0 aromatic heterocycles. The maximum atomic E-state index is 10.9. The summed E-state index contributed by atoms with van der Waals surface area (Å²) in [5.41, 5.74) is 4.61. The number of unbranched alkanes of at least 4 members (excludes halogenated alkanes) is 13. The lowest BCUT2D eigenvalue weighted by Crippen LogP contribution is -2.09. The molecule has 0 rings (SSSR count). The molecule has 0 spiro atoms. The van der Waals surface area contributed by atoms with Crippen molar-refractivity contribution in [1.29, 1.82) is 0 Å². The van der Waals surface area contributed by atoms with Crippen LogP contribution in [0.3, 0.4) is 0 Å². The van der Waals surface area contributed by atoms with E-state index in [1.165, 1.54) is 83.2 Å². The molecular formula is C26H56N2O4S. The molecule has 0 bridgehead atoms. The monoisotopic (exact) mass is 492 g/mol. The van der Waals surface area contributed by atoms with Crippen molar-refractivity contribution < 1.29 is 16.8 Å². The van der Waals surface area contributed by atoms with Crippen LogP contribution in [0, 0.1) is 0 Å². The lowest BCUT2D eigenvalue weighted by molar-refractivity contribution is 0.238. The van der Waals surface area contributed by atoms with E-state index >= 15 is 0 Å². The lowest BCUT2D eigenvalue weighted by atomic mass is 10.1. The molecule has 6 nitrogen and oxygen atoms in total. The summed E-state index contributed by atoms with van der Waals surface area (Å²) in [6, 6.07) is 0. The van der Waals surface area contributed by atoms with Crippen LogP contribution in [-0.2, 0) is 18.8 Å². The first-order chi connectivity index (χ1) is 15.9. The highest BCUT2D eigenvalue weighted by atomic mass is 32.3. The molecule has 7 heteroatoms. The molecule has 3 N–H and O–H groups in total. The SMILES string of the molecule is C=CN.CCCCCCCC/C=C\CCCCCCCCCOS(=O)(=O)OC.CCNCC. The first-order valence-corrected chi connectivity index (χ1v) is 14.4. The Labute approximate surface area is 207 Å². The summed E-state index contributed by atoms with van der Waals surface area (Å²) in [6.07, 6.45) is 24.6. The Kier molecular flexibility index (Phi) is 37.0. The maximum Gasteiger partial charge on any atom is 0.399 e. The van der Waals surface area contributed by atoms with Crippen LogP contribution in [0.15, 0.2) is 24.9 Å². The van der Waals surface area contributed by atoms with Crippen molar-refractivity contribution in [2.45, 2.75) is 117 Å². The van der Waals surface area contributed by atoms with Gasteiger partial charge in [0, 0.05) is 0 Å². The third-order valence-corrected chi connectivity index (χ3v) is 5.70. The van der Waals surface area contributed by atoms with Crippen LogP contribution in [0.5, 0.6) is 0 Å². The Hall–Kier alpha value is -0.890. The van der Waals surface area contributed by atoms with Crippen molar-refractivity contribution >= 4 is 10.4 Å². The smallest absolute Gasteiger partial charge is 0.399 e. The van der Waals surface area contributed by atoms with Gasteiger partial charge in [0.1, 0.15) is 0 Å². The van der Waals surface area contributed by atoms with Gasteiger partial charge in [-0.05, 0) is 51.4 Å². The van der Waals surface area contributed by atoms with Crippen LogP contribution in [0.1, 0.15) is 117 Å². The quantitative estimate of drug-likeness (QED) is 0.132. The molecule has 0 aliphatic heterocycles. The van der Waals surface area contributed by atoms with Crippen LogP contribution in [0.25, 0.3) is 0 Å². The average Bonchev–Trinajstić information content (AvgIpc) is 2.80. The highest BCUT2D eigenvalue weighted by molar-refractivity contribution is 7.81. The number of nitrogens with one attached hydrogen (secondary N) is 1. The van der Waals surface area contributed by atoms with Gasteiger partial charge in [-0.1, -0.05) is 104 Å². The number of rotatable bonds is 21. The van der Waals surface area contributed by atoms with E-state index in [2.05, 4.69) is 58.9 Å². The topological polar surface area (TPSA) is 90.7 Å². The minimum absolute atomic E-state index is 0.222. The van der Waals surface area contributed by atoms with E-state index in [1.807, 2.05) is 0 Å². The fraction of sp³-hybridized carbons (Fsp3) is 0.846. The van der Waals surface area contributed by atoms with Crippen LogP contribution in [-0.4, -0.2) is 35.2 Å². The van der Waals surface area contributed by atoms with Crippen LogP contribution in [0.2, 0.25) is 0 Å². The largest absolute Gasteiger partial charge is 0.405 e. The molecule has 0 aliphatic carbocycles. The van der Waals surface area contributed by atoms with Crippen molar-refractivity contribution in [1.82, 2.24) is 5.32 Å². The Morgan fingerprint density at radius 3 is 1.52 bits per heavy atom. The summed E-state index contributed by atoms with van der Waals surface area (Å²) in [7, 11) is -2.64. The van der Waals surface area contributed by atoms with Crippen molar-refractivity contribution in [3.05, 3.63) is 24.9 Å². The van der Waals surface area contributed by atoms with Gasteiger partial charge in [-0.25, -0.2) is 4.18 Å². The van der Waals surface area contributed by atoms with Crippen molar-refractivity contribution in [3.8, 4) is 0 Å². The lowest BCUT2D eigenvalue weighted by Gasteiger charge is -2.03. The summed E-state index contributed by atoms with van der Waals surface area (Å²) in [5.74, 6) is 0. The zero-order chi connectivity index (χ0) is 25.5. The fourth-order valence-electron chi connectivity index (χ4n) is 2.99. The van der Waals surface area contributed by atoms with Gasteiger partial charge in [-0.2, -0.15) is 8.42 Å². The number of allylic oxidation sites excluding steroid dienone is 2. The second kappa shape index (κ2) is 33.3. The zero-order valence-corrected chi connectivity index (χ0v) is 23.1. The number of nitrogens with two attached hydrogens (primary N) is 1. The third-order valence-electron chi connectivity index (χ3n) is 4.84. The Morgan fingerprint density at radius 2 is 1.15 bits per heavy atom. The minimum atomic E-state index is -3.75. The molecule has 0 saturated carbocycles. The highest BCUT2D eigenvalue weighted by Gasteiger charge is 2.07. The van der Waals surface area contributed by atoms with Gasteiger partial charge >= 0.3 is 10.4 Å². The fourth-order valence-corrected chi connectivity index (χ4v) is 3.40. The second-order valence-electron chi connectivity index (χ2n) is 7.88. The summed E-state index contributed by atoms with van der Waals surface area (Å²) in [6.45, 7) is 12.0. The molecule has 0 heterocycles. The number of hydrogen-bond acceptors (Lipinski definition) is 6. The Bertz CT molecular complexity index is 481. The first-order valence-electron chi connectivity index (χ1n) is 13.1. The van der Waals surface area contributed by atoms with Gasteiger partial charge in [-0.15, -0.1) is 0 Å². The zero-order valence-electron chi connectivity index (χ0n) is 22.3. The van der Waals surface area contributed by atoms with E-state index in [0.717, 1.165) is 39.5 Å². The molecule has 0 saturated heterocycles. The molecule has 0 amide bonds. The van der Waals surface area contributed by atoms with Gasteiger partial charge in [0.05, 0.1) is 13.7 Å². The molecule has 0 aromatic carbocycles. The predicted octanol–water partition coefficient (Wildman–Crippen LogP) is 7.03. The third kappa shape index (κ3) is 41.8. The van der Waals surface area contributed by atoms with Gasteiger partial charge in [0.25, 0.3) is 0 Å². The molecule has 33 heavy (non-hydrogen) atoms. The van der Waals surface area contributed by atoms with Crippen LogP contribution < -0.4 is 11.1 Å². The minimum Gasteiger partial charge on any atom is -0.405 e. The van der Waals surface area contributed by atoms with Gasteiger partial charge in [0.2, 0.25) is 0 Å². The summed E-state index contributed by atoms with van der Waals surface area (Å²) < 4.78 is 30.7. The summed E-state index contributed by atoms with van der Waals surface area (Å²) >= 11 is 0. The molecule has 0 aromatic rings. The van der Waals surface area contributed by atoms with E-state index in [9.17, 15) is 8.42 Å². The standard InChI is InChI=1S/C20H40O4S.C4H11N.C2H5N/c1-3-4-5-6-7-8-9-10-11-12-13-14-15-16-17-18-19-20-24-25(21,22)23-2;1-3-5-4-2;1-2-3/h10-11H,3-9,12-20H2,1-2H3;5H,3-4H2,1-2H3;2H,1,3H2/b11-10-;;. The Morgan fingerprint density at radius 1 is 0.758 bits per heavy atom. The molecule has 0 unspecified atom stereocenters. The van der Waals surface area contributed by atoms with E-state index in [0.29, 0.717) is 0 Å². The van der Waals surface area contributed by atoms with E-state index in [1.54, 1.807) is 0 Å². The molecule has 0 radical (unpaired) electrons. The van der Waals surface area contributed by atoms with Crippen LogP contribution >= 0.6 is 0 Å². The number of hydrogen-bond donors (Lipinski definition) is 2. The van der Waals surface area contributed by atoms with Crippen molar-refractivity contribution in [3.63, 3.8) is 0 Å². The summed E-state index contributed by atoms with van der Waals surface area (Å²) in [5, 5.41) is 3.11. The predicted molar refractivity (Wildman–Crippen MR) is 145 cm³/mol. The normalized spacial score (nSPS) is 10.9. The van der Waals surface area contributed by atoms with Gasteiger partial charge in [0.15, 0.2) is 0 Å².